The summed E-state index contributed by atoms with van der Waals surface area (Å²) in [5.74, 6) is -0.301. The summed E-state index contributed by atoms with van der Waals surface area (Å²) in [5, 5.41) is 4.29. The third-order valence-electron chi connectivity index (χ3n) is 4.41. The Morgan fingerprint density at radius 2 is 2.00 bits per heavy atom. The maximum atomic E-state index is 12.3. The van der Waals surface area contributed by atoms with Crippen molar-refractivity contribution in [3.05, 3.63) is 35.9 Å². The van der Waals surface area contributed by atoms with Gasteiger partial charge in [-0.05, 0) is 18.4 Å². The molecule has 5 heteroatoms. The summed E-state index contributed by atoms with van der Waals surface area (Å²) in [6.45, 7) is 1.82. The van der Waals surface area contributed by atoms with Crippen LogP contribution in [0.15, 0.2) is 30.3 Å². The Hall–Kier alpha value is -1.88. The molecule has 1 atom stereocenters. The van der Waals surface area contributed by atoms with Crippen molar-refractivity contribution in [1.29, 1.82) is 0 Å². The lowest BCUT2D eigenvalue weighted by Gasteiger charge is -2.54. The van der Waals surface area contributed by atoms with E-state index in [9.17, 15) is 9.59 Å². The second-order valence-corrected chi connectivity index (χ2v) is 5.84. The summed E-state index contributed by atoms with van der Waals surface area (Å²) in [6, 6.07) is 9.36. The van der Waals surface area contributed by atoms with E-state index >= 15 is 0 Å². The molecule has 1 aromatic rings. The summed E-state index contributed by atoms with van der Waals surface area (Å²) in [5.41, 5.74) is 0.693. The number of hydrogen-bond acceptors (Lipinski definition) is 3. The van der Waals surface area contributed by atoms with Crippen molar-refractivity contribution < 1.29 is 14.4 Å². The Balaban J connectivity index is 1.70. The molecule has 1 N–H and O–H groups in total. The van der Waals surface area contributed by atoms with E-state index in [2.05, 4.69) is 5.32 Å². The molecule has 2 aliphatic rings. The van der Waals surface area contributed by atoms with Gasteiger partial charge in [0.25, 0.3) is 5.91 Å². The maximum absolute atomic E-state index is 12.3. The topological polar surface area (TPSA) is 58.6 Å². The minimum absolute atomic E-state index is 0.136. The molecular formula is C16H20N2O3. The molecule has 1 aromatic carbocycles. The number of rotatable bonds is 4. The number of carbonyl (C=O) groups is 2. The van der Waals surface area contributed by atoms with Crippen molar-refractivity contribution >= 4 is 11.8 Å². The van der Waals surface area contributed by atoms with Gasteiger partial charge in [0.05, 0.1) is 5.54 Å². The van der Waals surface area contributed by atoms with E-state index in [4.69, 9.17) is 4.84 Å². The smallest absolute Gasteiger partial charge is 0.271 e. The highest BCUT2D eigenvalue weighted by molar-refractivity contribution is 5.94. The van der Waals surface area contributed by atoms with Gasteiger partial charge in [-0.1, -0.05) is 43.2 Å². The predicted octanol–water partition coefficient (Wildman–Crippen LogP) is 1.78. The second kappa shape index (κ2) is 5.48. The third-order valence-corrected chi connectivity index (χ3v) is 4.41. The maximum Gasteiger partial charge on any atom is 0.271 e. The molecule has 21 heavy (non-hydrogen) atoms. The number of carbonyl (C=O) groups excluding carboxylic acids is 2. The lowest BCUT2D eigenvalue weighted by Crippen LogP contribution is -2.77. The van der Waals surface area contributed by atoms with E-state index in [1.54, 1.807) is 0 Å². The number of nitrogens with zero attached hydrogens (tertiary/aromatic N) is 1. The third kappa shape index (κ3) is 2.42. The fourth-order valence-electron chi connectivity index (χ4n) is 3.40. The molecule has 1 spiro atoms. The molecule has 1 unspecified atom stereocenters. The summed E-state index contributed by atoms with van der Waals surface area (Å²) in [7, 11) is 0. The van der Waals surface area contributed by atoms with E-state index in [1.165, 1.54) is 12.0 Å². The van der Waals surface area contributed by atoms with Crippen LogP contribution in [0, 0.1) is 0 Å². The molecule has 0 radical (unpaired) electrons. The van der Waals surface area contributed by atoms with Crippen molar-refractivity contribution in [2.75, 3.05) is 0 Å². The van der Waals surface area contributed by atoms with Gasteiger partial charge in [0, 0.05) is 6.92 Å². The van der Waals surface area contributed by atoms with Crippen LogP contribution < -0.4 is 5.32 Å². The van der Waals surface area contributed by atoms with Crippen molar-refractivity contribution in [2.24, 2.45) is 0 Å². The highest BCUT2D eigenvalue weighted by Crippen LogP contribution is 2.46. The molecule has 0 bridgehead atoms. The predicted molar refractivity (Wildman–Crippen MR) is 76.9 cm³/mol. The first-order valence-electron chi connectivity index (χ1n) is 7.41. The van der Waals surface area contributed by atoms with Gasteiger partial charge < -0.3 is 5.32 Å². The van der Waals surface area contributed by atoms with Crippen LogP contribution in [0.5, 0.6) is 0 Å². The molecule has 3 rings (SSSR count). The second-order valence-electron chi connectivity index (χ2n) is 5.84. The normalized spacial score (nSPS) is 23.2. The van der Waals surface area contributed by atoms with E-state index < -0.39 is 6.04 Å². The van der Waals surface area contributed by atoms with Crippen LogP contribution in [-0.4, -0.2) is 28.5 Å². The van der Waals surface area contributed by atoms with Crippen LogP contribution in [0.2, 0.25) is 0 Å². The lowest BCUT2D eigenvalue weighted by atomic mass is 9.79. The highest BCUT2D eigenvalue weighted by atomic mass is 16.7. The highest BCUT2D eigenvalue weighted by Gasteiger charge is 2.62. The molecule has 112 valence electrons. The molecule has 5 nitrogen and oxygen atoms in total. The molecule has 1 heterocycles. The van der Waals surface area contributed by atoms with E-state index in [-0.39, 0.29) is 17.4 Å². The van der Waals surface area contributed by atoms with Gasteiger partial charge in [0.15, 0.2) is 0 Å². The average molecular weight is 288 g/mol. The van der Waals surface area contributed by atoms with Gasteiger partial charge in [-0.2, -0.15) is 0 Å². The van der Waals surface area contributed by atoms with E-state index in [0.29, 0.717) is 6.61 Å². The molecule has 0 aromatic heterocycles. The molecule has 2 amide bonds. The quantitative estimate of drug-likeness (QED) is 0.859. The Bertz CT molecular complexity index is 538. The lowest BCUT2D eigenvalue weighted by molar-refractivity contribution is -0.270. The van der Waals surface area contributed by atoms with Crippen LogP contribution in [0.1, 0.15) is 38.2 Å². The Labute approximate surface area is 124 Å². The number of hydrogen-bond donors (Lipinski definition) is 1. The summed E-state index contributed by atoms with van der Waals surface area (Å²) < 4.78 is 0. The first kappa shape index (κ1) is 14.1. The van der Waals surface area contributed by atoms with Gasteiger partial charge in [0.1, 0.15) is 12.6 Å². The number of amides is 2. The van der Waals surface area contributed by atoms with Crippen molar-refractivity contribution in [3.8, 4) is 0 Å². The SMILES string of the molecule is CC(=O)NC1C(=O)N(OCc2ccccc2)C12CCCC2. The largest absolute Gasteiger partial charge is 0.342 e. The fraction of sp³-hybridized carbons (Fsp3) is 0.500. The molecule has 2 fully saturated rings. The van der Waals surface area contributed by atoms with Crippen LogP contribution >= 0.6 is 0 Å². The zero-order chi connectivity index (χ0) is 14.9. The van der Waals surface area contributed by atoms with Gasteiger partial charge in [0.2, 0.25) is 5.91 Å². The standard InChI is InChI=1S/C16H20N2O3/c1-12(19)17-14-15(20)18(16(14)9-5-6-10-16)21-11-13-7-3-2-4-8-13/h2-4,7-8,14H,5-6,9-11H2,1H3,(H,17,19). The van der Waals surface area contributed by atoms with Gasteiger partial charge >= 0.3 is 0 Å². The average Bonchev–Trinajstić information content (AvgIpc) is 2.98. The van der Waals surface area contributed by atoms with Crippen LogP contribution in [0.4, 0.5) is 0 Å². The Morgan fingerprint density at radius 1 is 1.33 bits per heavy atom. The molecular weight excluding hydrogens is 268 g/mol. The van der Waals surface area contributed by atoms with Crippen molar-refractivity contribution in [2.45, 2.75) is 50.8 Å². The number of hydroxylamine groups is 2. The Morgan fingerprint density at radius 3 is 2.62 bits per heavy atom. The molecule has 1 saturated heterocycles. The van der Waals surface area contributed by atoms with Gasteiger partial charge in [-0.3, -0.25) is 14.4 Å². The van der Waals surface area contributed by atoms with Crippen LogP contribution in [0.3, 0.4) is 0 Å². The minimum Gasteiger partial charge on any atom is -0.342 e. The Kier molecular flexibility index (Phi) is 3.68. The van der Waals surface area contributed by atoms with Crippen molar-refractivity contribution in [3.63, 3.8) is 0 Å². The summed E-state index contributed by atoms with van der Waals surface area (Å²) >= 11 is 0. The van der Waals surface area contributed by atoms with Crippen LogP contribution in [-0.2, 0) is 21.0 Å². The zero-order valence-corrected chi connectivity index (χ0v) is 12.2. The summed E-state index contributed by atoms with van der Waals surface area (Å²) in [4.78, 5) is 29.3. The number of β-lactam (4-membered cyclic amide) rings is 1. The zero-order valence-electron chi connectivity index (χ0n) is 12.2. The van der Waals surface area contributed by atoms with E-state index in [1.807, 2.05) is 30.3 Å². The van der Waals surface area contributed by atoms with E-state index in [0.717, 1.165) is 31.2 Å². The van der Waals surface area contributed by atoms with Crippen LogP contribution in [0.25, 0.3) is 0 Å². The minimum atomic E-state index is -0.423. The molecule has 1 saturated carbocycles. The monoisotopic (exact) mass is 288 g/mol. The van der Waals surface area contributed by atoms with Crippen molar-refractivity contribution in [1.82, 2.24) is 10.4 Å². The van der Waals surface area contributed by atoms with Gasteiger partial charge in [-0.25, -0.2) is 5.06 Å². The number of nitrogens with one attached hydrogen (secondary N) is 1. The fourth-order valence-corrected chi connectivity index (χ4v) is 3.40. The first-order valence-corrected chi connectivity index (χ1v) is 7.41. The first-order chi connectivity index (χ1) is 10.1. The molecule has 1 aliphatic heterocycles. The molecule has 1 aliphatic carbocycles. The summed E-state index contributed by atoms with van der Waals surface area (Å²) in [6.07, 6.45) is 3.90. The van der Waals surface area contributed by atoms with Gasteiger partial charge in [-0.15, -0.1) is 0 Å². The number of benzene rings is 1.